The molecule has 0 spiro atoms. The van der Waals surface area contributed by atoms with Crippen molar-refractivity contribution in [1.82, 2.24) is 25.8 Å². The van der Waals surface area contributed by atoms with Gasteiger partial charge in [0.05, 0.1) is 6.54 Å². The molecule has 2 saturated heterocycles. The minimum Gasteiger partial charge on any atom is -0.444 e. The molecule has 5 heterocycles. The van der Waals surface area contributed by atoms with Gasteiger partial charge in [0.2, 0.25) is 0 Å². The quantitative estimate of drug-likeness (QED) is 0.490. The molecule has 36 heavy (non-hydrogen) atoms. The van der Waals surface area contributed by atoms with E-state index in [2.05, 4.69) is 39.8 Å². The molecule has 6 rings (SSSR count). The van der Waals surface area contributed by atoms with Crippen molar-refractivity contribution in [3.63, 3.8) is 0 Å². The number of amidine groups is 1. The number of nitrogens with zero attached hydrogens (tertiary/aromatic N) is 4. The lowest BCUT2D eigenvalue weighted by Gasteiger charge is -2.38. The highest BCUT2D eigenvalue weighted by Gasteiger charge is 2.42. The molecule has 2 fully saturated rings. The van der Waals surface area contributed by atoms with Crippen LogP contribution in [0.3, 0.4) is 0 Å². The number of amides is 2. The summed E-state index contributed by atoms with van der Waals surface area (Å²) in [5.41, 5.74) is 4.69. The first-order valence-electron chi connectivity index (χ1n) is 12.7. The molecule has 3 atom stereocenters. The van der Waals surface area contributed by atoms with Gasteiger partial charge >= 0.3 is 6.09 Å². The first-order valence-corrected chi connectivity index (χ1v) is 12.7. The molecular formula is C25H33N7O4. The van der Waals surface area contributed by atoms with Crippen LogP contribution >= 0.6 is 0 Å². The predicted molar refractivity (Wildman–Crippen MR) is 132 cm³/mol. The summed E-state index contributed by atoms with van der Waals surface area (Å²) in [5, 5.41) is 9.40. The molecule has 3 unspecified atom stereocenters. The molecule has 0 radical (unpaired) electrons. The highest BCUT2D eigenvalue weighted by atomic mass is 16.6. The summed E-state index contributed by atoms with van der Waals surface area (Å²) >= 11 is 0. The van der Waals surface area contributed by atoms with Crippen LogP contribution in [-0.4, -0.2) is 79.4 Å². The van der Waals surface area contributed by atoms with E-state index >= 15 is 0 Å². The molecule has 0 saturated carbocycles. The first kappa shape index (κ1) is 23.2. The van der Waals surface area contributed by atoms with Gasteiger partial charge in [-0.15, -0.1) is 0 Å². The normalized spacial score (nSPS) is 28.6. The summed E-state index contributed by atoms with van der Waals surface area (Å²) in [4.78, 5) is 37.3. The molecule has 1 aliphatic carbocycles. The van der Waals surface area contributed by atoms with E-state index in [0.29, 0.717) is 24.1 Å². The third kappa shape index (κ3) is 4.00. The Labute approximate surface area is 210 Å². The predicted octanol–water partition coefficient (Wildman–Crippen LogP) is 0.561. The fraction of sp³-hybridized carbons (Fsp3) is 0.600. The van der Waals surface area contributed by atoms with E-state index in [0.717, 1.165) is 45.3 Å². The minimum atomic E-state index is -0.908. The number of anilines is 1. The van der Waals surface area contributed by atoms with Crippen LogP contribution in [0.2, 0.25) is 0 Å². The number of nitrogens with one attached hydrogen (secondary N) is 3. The summed E-state index contributed by atoms with van der Waals surface area (Å²) in [6, 6.07) is 0. The Morgan fingerprint density at radius 2 is 2.08 bits per heavy atom. The Bertz CT molecular complexity index is 1180. The molecule has 192 valence electrons. The van der Waals surface area contributed by atoms with Gasteiger partial charge in [-0.05, 0) is 75.2 Å². The van der Waals surface area contributed by atoms with Crippen LogP contribution in [0.5, 0.6) is 0 Å². The number of hydrogen-bond acceptors (Lipinski definition) is 9. The van der Waals surface area contributed by atoms with E-state index in [9.17, 15) is 9.59 Å². The molecule has 1 aromatic heterocycles. The first-order chi connectivity index (χ1) is 17.3. The number of carbonyl (C=O) groups excluding carboxylic acids is 2. The van der Waals surface area contributed by atoms with Gasteiger partial charge in [0.25, 0.3) is 5.91 Å². The van der Waals surface area contributed by atoms with Gasteiger partial charge in [0.15, 0.2) is 17.4 Å². The van der Waals surface area contributed by atoms with Gasteiger partial charge in [0.1, 0.15) is 18.5 Å². The van der Waals surface area contributed by atoms with E-state index in [1.165, 1.54) is 33.1 Å². The Hall–Kier alpha value is -3.18. The van der Waals surface area contributed by atoms with Crippen molar-refractivity contribution >= 4 is 23.7 Å². The smallest absolute Gasteiger partial charge is 0.415 e. The molecule has 5 aliphatic rings. The summed E-state index contributed by atoms with van der Waals surface area (Å²) in [6.07, 6.45) is 4.98. The Kier molecular flexibility index (Phi) is 5.64. The third-order valence-corrected chi connectivity index (χ3v) is 7.88. The largest absolute Gasteiger partial charge is 0.444 e. The van der Waals surface area contributed by atoms with Crippen molar-refractivity contribution in [2.75, 3.05) is 44.7 Å². The molecule has 1 aromatic rings. The molecule has 11 nitrogen and oxygen atoms in total. The van der Waals surface area contributed by atoms with Gasteiger partial charge in [-0.3, -0.25) is 9.69 Å². The van der Waals surface area contributed by atoms with Crippen LogP contribution in [0.4, 0.5) is 10.6 Å². The van der Waals surface area contributed by atoms with Crippen molar-refractivity contribution in [2.24, 2.45) is 10.9 Å². The number of carbonyl (C=O) groups is 2. The average Bonchev–Trinajstić information content (AvgIpc) is 3.54. The fourth-order valence-corrected chi connectivity index (χ4v) is 5.83. The van der Waals surface area contributed by atoms with Gasteiger partial charge in [-0.25, -0.2) is 14.8 Å². The molecule has 3 N–H and O–H groups in total. The van der Waals surface area contributed by atoms with Gasteiger partial charge in [-0.1, -0.05) is 0 Å². The maximum absolute atomic E-state index is 12.5. The summed E-state index contributed by atoms with van der Waals surface area (Å²) < 4.78 is 11.1. The molecule has 0 bridgehead atoms. The Morgan fingerprint density at radius 1 is 1.25 bits per heavy atom. The number of cyclic esters (lactones) is 1. The molecule has 11 heteroatoms. The zero-order chi connectivity index (χ0) is 25.0. The van der Waals surface area contributed by atoms with Crippen molar-refractivity contribution in [3.05, 3.63) is 34.4 Å². The number of rotatable bonds is 6. The topological polar surface area (TPSA) is 120 Å². The second-order valence-electron chi connectivity index (χ2n) is 10.5. The van der Waals surface area contributed by atoms with Crippen LogP contribution in [0.1, 0.15) is 35.7 Å². The second kappa shape index (κ2) is 8.74. The highest BCUT2D eigenvalue weighted by Crippen LogP contribution is 2.38. The molecule has 0 aromatic carbocycles. The summed E-state index contributed by atoms with van der Waals surface area (Å²) in [6.45, 7) is 7.04. The fourth-order valence-electron chi connectivity index (χ4n) is 5.83. The molecular weight excluding hydrogens is 462 g/mol. The lowest BCUT2D eigenvalue weighted by molar-refractivity contribution is -0.132. The van der Waals surface area contributed by atoms with E-state index in [1.54, 1.807) is 13.1 Å². The lowest BCUT2D eigenvalue weighted by Crippen LogP contribution is -2.63. The number of aryl methyl sites for hydroxylation is 1. The van der Waals surface area contributed by atoms with Crippen LogP contribution in [-0.2, 0) is 33.5 Å². The Morgan fingerprint density at radius 3 is 2.94 bits per heavy atom. The zero-order valence-corrected chi connectivity index (χ0v) is 21.0. The van der Waals surface area contributed by atoms with E-state index in [1.807, 2.05) is 0 Å². The average molecular weight is 496 g/mol. The minimum absolute atomic E-state index is 0.0461. The van der Waals surface area contributed by atoms with Crippen LogP contribution < -0.4 is 20.9 Å². The van der Waals surface area contributed by atoms with E-state index in [-0.39, 0.29) is 18.6 Å². The maximum Gasteiger partial charge on any atom is 0.415 e. The number of aliphatic imine (C=N–C) groups is 1. The summed E-state index contributed by atoms with van der Waals surface area (Å²) in [5.74, 6) is 2.21. The van der Waals surface area contributed by atoms with Gasteiger partial charge in [0, 0.05) is 25.5 Å². The van der Waals surface area contributed by atoms with Gasteiger partial charge in [-0.2, -0.15) is 0 Å². The van der Waals surface area contributed by atoms with Crippen molar-refractivity contribution < 1.29 is 19.1 Å². The number of fused-ring (bicyclic) bond motifs is 4. The highest BCUT2D eigenvalue weighted by molar-refractivity contribution is 6.05. The monoisotopic (exact) mass is 495 g/mol. The number of aromatic nitrogens is 1. The second-order valence-corrected chi connectivity index (χ2v) is 10.5. The lowest BCUT2D eigenvalue weighted by atomic mass is 10.0. The molecule has 4 aliphatic heterocycles. The van der Waals surface area contributed by atoms with Crippen LogP contribution in [0.25, 0.3) is 0 Å². The van der Waals surface area contributed by atoms with Crippen LogP contribution in [0, 0.1) is 12.8 Å². The van der Waals surface area contributed by atoms with Crippen molar-refractivity contribution in [1.29, 1.82) is 0 Å². The van der Waals surface area contributed by atoms with Crippen molar-refractivity contribution in [3.8, 4) is 0 Å². The number of pyridine rings is 1. The summed E-state index contributed by atoms with van der Waals surface area (Å²) in [7, 11) is 2.13. The van der Waals surface area contributed by atoms with Gasteiger partial charge < -0.3 is 30.3 Å². The Balaban J connectivity index is 0.996. The SMILES string of the molecule is Cc1nc2c(c3c1CC(CNCCC1CN(C4=CNC5(C)OCC(=O)NC5=N4)C(=O)O1)C3)CCN2C. The van der Waals surface area contributed by atoms with E-state index in [4.69, 9.17) is 14.5 Å². The zero-order valence-electron chi connectivity index (χ0n) is 21.0. The number of likely N-dealkylation sites (N-methyl/N-ethyl adjacent to an activating group) is 1. The van der Waals surface area contributed by atoms with E-state index < -0.39 is 11.8 Å². The number of ether oxygens (including phenoxy) is 2. The molecule has 2 amide bonds. The maximum atomic E-state index is 12.5. The standard InChI is InChI=1S/C25H33N7O4/c1-14-18-8-15(9-19(18)17-5-7-31(3)22(17)28-14)10-26-6-4-16-12-32(24(34)36-16)20-11-27-25(2)23(29-20)30-21(33)13-35-25/h11,15-16,26-27H,4-10,12-13H2,1-3H3,(H,29,30,33). The van der Waals surface area contributed by atoms with Crippen molar-refractivity contribution in [2.45, 2.75) is 51.4 Å². The van der Waals surface area contributed by atoms with Crippen LogP contribution in [0.15, 0.2) is 17.0 Å². The number of hydrogen-bond donors (Lipinski definition) is 3. The number of morpholine rings is 1. The third-order valence-electron chi connectivity index (χ3n) is 7.88.